The Kier molecular flexibility index (Phi) is 5.88. The molecular formula is C15H20Cl2N2O2. The maximum atomic E-state index is 12.7. The van der Waals surface area contributed by atoms with Crippen molar-refractivity contribution < 1.29 is 9.53 Å². The Labute approximate surface area is 136 Å². The van der Waals surface area contributed by atoms with E-state index in [-0.39, 0.29) is 30.3 Å². The van der Waals surface area contributed by atoms with Crippen LogP contribution in [0.25, 0.3) is 0 Å². The van der Waals surface area contributed by atoms with E-state index in [9.17, 15) is 4.79 Å². The lowest BCUT2D eigenvalue weighted by molar-refractivity contribution is -0.139. The van der Waals surface area contributed by atoms with Crippen molar-refractivity contribution in [2.45, 2.75) is 12.5 Å². The van der Waals surface area contributed by atoms with Crippen molar-refractivity contribution in [2.75, 3.05) is 32.8 Å². The zero-order valence-electron chi connectivity index (χ0n) is 11.8. The molecule has 0 radical (unpaired) electrons. The third-order valence-corrected chi connectivity index (χ3v) is 4.27. The molecule has 2 heterocycles. The lowest BCUT2D eigenvalue weighted by Crippen LogP contribution is -2.50. The third kappa shape index (κ3) is 3.69. The number of benzene rings is 1. The molecule has 3 rings (SSSR count). The Morgan fingerprint density at radius 1 is 1.43 bits per heavy atom. The smallest absolute Gasteiger partial charge is 0.228 e. The fraction of sp³-hybridized carbons (Fsp3) is 0.533. The van der Waals surface area contributed by atoms with Crippen LogP contribution in [0.1, 0.15) is 18.0 Å². The molecule has 0 aliphatic carbocycles. The number of hydrogen-bond acceptors (Lipinski definition) is 3. The number of piperazine rings is 1. The highest BCUT2D eigenvalue weighted by atomic mass is 35.5. The molecule has 2 saturated heterocycles. The van der Waals surface area contributed by atoms with Gasteiger partial charge in [-0.05, 0) is 24.1 Å². The summed E-state index contributed by atoms with van der Waals surface area (Å²) in [6.07, 6.45) is 0.838. The van der Waals surface area contributed by atoms with Gasteiger partial charge in [-0.3, -0.25) is 4.79 Å². The second kappa shape index (κ2) is 7.45. The highest BCUT2D eigenvalue weighted by Gasteiger charge is 2.34. The molecule has 0 spiro atoms. The quantitative estimate of drug-likeness (QED) is 0.904. The summed E-state index contributed by atoms with van der Waals surface area (Å²) in [5.41, 5.74) is 1.09. The number of nitrogens with one attached hydrogen (secondary N) is 1. The van der Waals surface area contributed by atoms with Crippen LogP contribution in [0.4, 0.5) is 0 Å². The normalized spacial score (nSPS) is 25.5. The first-order chi connectivity index (χ1) is 9.75. The standard InChI is InChI=1S/C15H19ClN2O2.ClH/c16-13-3-1-2-11(8-13)14-9-17-5-6-18(14)15(19)12-4-7-20-10-12;/h1-3,8,12,14,17H,4-7,9-10H2;1H. The van der Waals surface area contributed by atoms with Gasteiger partial charge in [0.2, 0.25) is 5.91 Å². The first-order valence-electron chi connectivity index (χ1n) is 7.10. The van der Waals surface area contributed by atoms with Gasteiger partial charge in [-0.15, -0.1) is 12.4 Å². The van der Waals surface area contributed by atoms with Crippen LogP contribution in [0.3, 0.4) is 0 Å². The number of rotatable bonds is 2. The largest absolute Gasteiger partial charge is 0.381 e. The number of nitrogens with zero attached hydrogens (tertiary/aromatic N) is 1. The molecule has 21 heavy (non-hydrogen) atoms. The first-order valence-corrected chi connectivity index (χ1v) is 7.48. The molecule has 2 aliphatic heterocycles. The van der Waals surface area contributed by atoms with Crippen LogP contribution in [0.15, 0.2) is 24.3 Å². The number of carbonyl (C=O) groups is 1. The van der Waals surface area contributed by atoms with E-state index in [1.165, 1.54) is 0 Å². The van der Waals surface area contributed by atoms with Gasteiger partial charge in [0.15, 0.2) is 0 Å². The molecule has 1 N–H and O–H groups in total. The summed E-state index contributed by atoms with van der Waals surface area (Å²) in [5.74, 6) is 0.240. The molecule has 6 heteroatoms. The van der Waals surface area contributed by atoms with Gasteiger partial charge >= 0.3 is 0 Å². The molecule has 2 fully saturated rings. The summed E-state index contributed by atoms with van der Waals surface area (Å²) in [6, 6.07) is 7.85. The second-order valence-corrected chi connectivity index (χ2v) is 5.80. The molecule has 1 amide bonds. The van der Waals surface area contributed by atoms with E-state index in [4.69, 9.17) is 16.3 Å². The monoisotopic (exact) mass is 330 g/mol. The van der Waals surface area contributed by atoms with Crippen LogP contribution in [-0.2, 0) is 9.53 Å². The zero-order valence-corrected chi connectivity index (χ0v) is 13.3. The lowest BCUT2D eigenvalue weighted by Gasteiger charge is -2.38. The van der Waals surface area contributed by atoms with Crippen LogP contribution in [0.5, 0.6) is 0 Å². The minimum absolute atomic E-state index is 0. The van der Waals surface area contributed by atoms with Crippen LogP contribution >= 0.6 is 24.0 Å². The molecule has 1 aromatic carbocycles. The van der Waals surface area contributed by atoms with Gasteiger partial charge in [0, 0.05) is 31.3 Å². The second-order valence-electron chi connectivity index (χ2n) is 5.37. The van der Waals surface area contributed by atoms with Crippen molar-refractivity contribution in [3.63, 3.8) is 0 Å². The van der Waals surface area contributed by atoms with Crippen molar-refractivity contribution >= 4 is 29.9 Å². The third-order valence-electron chi connectivity index (χ3n) is 4.04. The summed E-state index contributed by atoms with van der Waals surface area (Å²) in [6.45, 7) is 3.62. The maximum absolute atomic E-state index is 12.7. The number of hydrogen-bond donors (Lipinski definition) is 1. The van der Waals surface area contributed by atoms with Crippen molar-refractivity contribution in [1.29, 1.82) is 0 Å². The van der Waals surface area contributed by atoms with Crippen molar-refractivity contribution in [3.8, 4) is 0 Å². The van der Waals surface area contributed by atoms with Crippen molar-refractivity contribution in [3.05, 3.63) is 34.9 Å². The molecule has 2 aliphatic rings. The summed E-state index contributed by atoms with van der Waals surface area (Å²) in [4.78, 5) is 14.6. The van der Waals surface area contributed by atoms with Crippen LogP contribution in [0.2, 0.25) is 5.02 Å². The van der Waals surface area contributed by atoms with E-state index in [0.29, 0.717) is 18.2 Å². The molecule has 2 unspecified atom stereocenters. The summed E-state index contributed by atoms with van der Waals surface area (Å²) in [5, 5.41) is 4.07. The topological polar surface area (TPSA) is 41.6 Å². The molecule has 0 aromatic heterocycles. The van der Waals surface area contributed by atoms with Crippen molar-refractivity contribution in [2.24, 2.45) is 5.92 Å². The van der Waals surface area contributed by atoms with Crippen molar-refractivity contribution in [1.82, 2.24) is 10.2 Å². The Hall–Kier alpha value is -0.810. The van der Waals surface area contributed by atoms with E-state index in [2.05, 4.69) is 5.32 Å². The Bertz CT molecular complexity index is 492. The number of carbonyl (C=O) groups excluding carboxylic acids is 1. The number of amides is 1. The summed E-state index contributed by atoms with van der Waals surface area (Å²) in [7, 11) is 0. The van der Waals surface area contributed by atoms with E-state index < -0.39 is 0 Å². The SMILES string of the molecule is Cl.O=C(C1CCOC1)N1CCNCC1c1cccc(Cl)c1. The molecule has 0 bridgehead atoms. The summed E-state index contributed by atoms with van der Waals surface area (Å²) < 4.78 is 5.34. The Morgan fingerprint density at radius 3 is 3.00 bits per heavy atom. The van der Waals surface area contributed by atoms with Gasteiger partial charge in [-0.2, -0.15) is 0 Å². The molecule has 4 nitrogen and oxygen atoms in total. The molecule has 0 saturated carbocycles. The fourth-order valence-electron chi connectivity index (χ4n) is 2.94. The predicted molar refractivity (Wildman–Crippen MR) is 84.9 cm³/mol. The van der Waals surface area contributed by atoms with Gasteiger partial charge in [0.05, 0.1) is 18.6 Å². The lowest BCUT2D eigenvalue weighted by atomic mass is 10.00. The highest BCUT2D eigenvalue weighted by Crippen LogP contribution is 2.27. The van der Waals surface area contributed by atoms with E-state index in [1.54, 1.807) is 0 Å². The average molecular weight is 331 g/mol. The Balaban J connectivity index is 0.00000161. The zero-order chi connectivity index (χ0) is 13.9. The predicted octanol–water partition coefficient (Wildman–Crippen LogP) is 2.27. The Morgan fingerprint density at radius 2 is 2.29 bits per heavy atom. The van der Waals surface area contributed by atoms with Gasteiger partial charge < -0.3 is 15.0 Å². The number of halogens is 2. The number of ether oxygens (including phenoxy) is 1. The van der Waals surface area contributed by atoms with Gasteiger partial charge in [0.1, 0.15) is 0 Å². The van der Waals surface area contributed by atoms with E-state index in [1.807, 2.05) is 29.2 Å². The van der Waals surface area contributed by atoms with Gasteiger partial charge in [0.25, 0.3) is 0 Å². The molecule has 1 aromatic rings. The van der Waals surface area contributed by atoms with Crippen LogP contribution < -0.4 is 5.32 Å². The molecule has 2 atom stereocenters. The summed E-state index contributed by atoms with van der Waals surface area (Å²) >= 11 is 6.07. The van der Waals surface area contributed by atoms with Gasteiger partial charge in [-0.25, -0.2) is 0 Å². The first kappa shape index (κ1) is 16.6. The van der Waals surface area contributed by atoms with Crippen LogP contribution in [0, 0.1) is 5.92 Å². The van der Waals surface area contributed by atoms with E-state index >= 15 is 0 Å². The van der Waals surface area contributed by atoms with Crippen LogP contribution in [-0.4, -0.2) is 43.7 Å². The average Bonchev–Trinajstić information content (AvgIpc) is 3.01. The molecule has 116 valence electrons. The highest BCUT2D eigenvalue weighted by molar-refractivity contribution is 6.30. The molecular weight excluding hydrogens is 311 g/mol. The van der Waals surface area contributed by atoms with E-state index in [0.717, 1.165) is 31.6 Å². The minimum Gasteiger partial charge on any atom is -0.381 e. The fourth-order valence-corrected chi connectivity index (χ4v) is 3.14. The minimum atomic E-state index is 0. The van der Waals surface area contributed by atoms with Gasteiger partial charge in [-0.1, -0.05) is 23.7 Å². The maximum Gasteiger partial charge on any atom is 0.228 e.